The molecule has 4 aromatic rings. The van der Waals surface area contributed by atoms with Gasteiger partial charge in [0.2, 0.25) is 0 Å². The van der Waals surface area contributed by atoms with E-state index in [0.717, 1.165) is 48.4 Å². The highest BCUT2D eigenvalue weighted by atomic mass is 16.5. The first-order chi connectivity index (χ1) is 15.3. The Hall–Kier alpha value is -3.06. The minimum absolute atomic E-state index is 0.261. The highest BCUT2D eigenvalue weighted by Gasteiger charge is 2.28. The predicted molar refractivity (Wildman–Crippen MR) is 120 cm³/mol. The van der Waals surface area contributed by atoms with Gasteiger partial charge < -0.3 is 10.2 Å². The zero-order chi connectivity index (χ0) is 21.0. The van der Waals surface area contributed by atoms with Crippen molar-refractivity contribution in [3.8, 4) is 0 Å². The molecule has 2 aromatic heterocycles. The van der Waals surface area contributed by atoms with Gasteiger partial charge in [-0.15, -0.1) is 0 Å². The molecule has 2 heterocycles. The highest BCUT2D eigenvalue weighted by molar-refractivity contribution is 5.74. The van der Waals surface area contributed by atoms with E-state index in [-0.39, 0.29) is 6.04 Å². The molecule has 1 aliphatic rings. The van der Waals surface area contributed by atoms with Gasteiger partial charge in [0.25, 0.3) is 0 Å². The summed E-state index contributed by atoms with van der Waals surface area (Å²) in [5.41, 5.74) is 9.14. The molecule has 31 heavy (non-hydrogen) atoms. The Morgan fingerprint density at radius 3 is 2.68 bits per heavy atom. The molecule has 0 bridgehead atoms. The number of benzene rings is 2. The van der Waals surface area contributed by atoms with Crippen LogP contribution in [0.15, 0.2) is 66.9 Å². The number of pyridine rings is 1. The van der Waals surface area contributed by atoms with Gasteiger partial charge >= 0.3 is 0 Å². The number of hydrogen-bond acceptors (Lipinski definition) is 5. The number of hydrogen-bond donors (Lipinski definition) is 3. The topological polar surface area (TPSA) is 77.1 Å². The second-order valence-corrected chi connectivity index (χ2v) is 8.21. The van der Waals surface area contributed by atoms with E-state index in [0.29, 0.717) is 6.54 Å². The van der Waals surface area contributed by atoms with E-state index in [1.54, 1.807) is 0 Å². The van der Waals surface area contributed by atoms with Crippen molar-refractivity contribution >= 4 is 11.0 Å². The van der Waals surface area contributed by atoms with Crippen molar-refractivity contribution in [1.82, 2.24) is 25.3 Å². The third-order valence-electron chi connectivity index (χ3n) is 6.09. The van der Waals surface area contributed by atoms with E-state index < -0.39 is 0 Å². The number of aromatic nitrogens is 3. The number of para-hydroxylation sites is 2. The lowest BCUT2D eigenvalue weighted by molar-refractivity contribution is 0.153. The normalized spacial score (nSPS) is 16.0. The lowest BCUT2D eigenvalue weighted by atomic mass is 9.90. The SMILES string of the molecule is ONCc1ccc(CN(Cc2nc3ccccc3[nH]2)C2CCCc3cccnc32)cc1. The monoisotopic (exact) mass is 413 g/mol. The van der Waals surface area contributed by atoms with Gasteiger partial charge in [-0.25, -0.2) is 10.5 Å². The molecule has 0 fully saturated rings. The third-order valence-corrected chi connectivity index (χ3v) is 6.09. The van der Waals surface area contributed by atoms with Crippen LogP contribution in [0, 0.1) is 0 Å². The van der Waals surface area contributed by atoms with Crippen LogP contribution in [-0.4, -0.2) is 25.1 Å². The Balaban J connectivity index is 1.46. The number of hydroxylamine groups is 1. The molecule has 1 aliphatic carbocycles. The van der Waals surface area contributed by atoms with Crippen LogP contribution < -0.4 is 5.48 Å². The van der Waals surface area contributed by atoms with Crippen LogP contribution in [0.3, 0.4) is 0 Å². The maximum Gasteiger partial charge on any atom is 0.121 e. The predicted octanol–water partition coefficient (Wildman–Crippen LogP) is 4.52. The van der Waals surface area contributed by atoms with Crippen LogP contribution in [0.4, 0.5) is 0 Å². The van der Waals surface area contributed by atoms with Gasteiger partial charge in [0.15, 0.2) is 0 Å². The summed E-state index contributed by atoms with van der Waals surface area (Å²) in [5.74, 6) is 0.977. The van der Waals surface area contributed by atoms with Gasteiger partial charge in [0.05, 0.1) is 29.3 Å². The van der Waals surface area contributed by atoms with Gasteiger partial charge in [-0.3, -0.25) is 9.88 Å². The van der Waals surface area contributed by atoms with E-state index in [1.807, 2.05) is 30.5 Å². The van der Waals surface area contributed by atoms with E-state index in [4.69, 9.17) is 15.2 Å². The van der Waals surface area contributed by atoms with E-state index in [1.165, 1.54) is 23.2 Å². The first-order valence-corrected chi connectivity index (χ1v) is 10.9. The van der Waals surface area contributed by atoms with E-state index in [9.17, 15) is 0 Å². The van der Waals surface area contributed by atoms with Crippen molar-refractivity contribution in [2.45, 2.75) is 44.9 Å². The Morgan fingerprint density at radius 1 is 1.00 bits per heavy atom. The molecule has 5 rings (SSSR count). The van der Waals surface area contributed by atoms with Crippen molar-refractivity contribution in [2.75, 3.05) is 0 Å². The summed E-state index contributed by atoms with van der Waals surface area (Å²) in [5, 5.41) is 8.95. The summed E-state index contributed by atoms with van der Waals surface area (Å²) < 4.78 is 0. The number of nitrogens with zero attached hydrogens (tertiary/aromatic N) is 3. The number of imidazole rings is 1. The van der Waals surface area contributed by atoms with Gasteiger partial charge in [0.1, 0.15) is 5.82 Å². The average molecular weight is 414 g/mol. The minimum atomic E-state index is 0.261. The van der Waals surface area contributed by atoms with Crippen LogP contribution >= 0.6 is 0 Å². The second-order valence-electron chi connectivity index (χ2n) is 8.21. The van der Waals surface area contributed by atoms with Crippen molar-refractivity contribution in [3.05, 3.63) is 95.1 Å². The average Bonchev–Trinajstić information content (AvgIpc) is 3.22. The number of fused-ring (bicyclic) bond motifs is 2. The summed E-state index contributed by atoms with van der Waals surface area (Å²) in [4.78, 5) is 15.6. The Kier molecular flexibility index (Phi) is 5.76. The molecule has 6 nitrogen and oxygen atoms in total. The second kappa shape index (κ2) is 8.98. The van der Waals surface area contributed by atoms with Crippen molar-refractivity contribution in [1.29, 1.82) is 0 Å². The van der Waals surface area contributed by atoms with E-state index >= 15 is 0 Å². The molecule has 2 aromatic carbocycles. The van der Waals surface area contributed by atoms with Crippen LogP contribution in [0.5, 0.6) is 0 Å². The number of aryl methyl sites for hydroxylation is 1. The molecule has 0 saturated carbocycles. The lowest BCUT2D eigenvalue weighted by Gasteiger charge is -2.34. The molecule has 1 unspecified atom stereocenters. The molecule has 1 atom stereocenters. The number of aromatic amines is 1. The standard InChI is InChI=1S/C25H27N5O/c31-27-15-18-10-12-19(13-11-18)16-30(17-24-28-21-7-1-2-8-22(21)29-24)23-9-3-5-20-6-4-14-26-25(20)23/h1-2,4,6-8,10-14,23,27,31H,3,5,9,15-17H2,(H,28,29). The molecule has 6 heteroatoms. The quantitative estimate of drug-likeness (QED) is 0.389. The van der Waals surface area contributed by atoms with Crippen molar-refractivity contribution in [3.63, 3.8) is 0 Å². The highest BCUT2D eigenvalue weighted by Crippen LogP contribution is 2.34. The first-order valence-electron chi connectivity index (χ1n) is 10.9. The maximum atomic E-state index is 8.95. The van der Waals surface area contributed by atoms with Gasteiger partial charge in [-0.05, 0) is 54.2 Å². The zero-order valence-electron chi connectivity index (χ0n) is 17.5. The molecule has 0 saturated heterocycles. The fourth-order valence-corrected chi connectivity index (χ4v) is 4.58. The van der Waals surface area contributed by atoms with Crippen molar-refractivity contribution < 1.29 is 5.21 Å². The summed E-state index contributed by atoms with van der Waals surface area (Å²) >= 11 is 0. The van der Waals surface area contributed by atoms with Gasteiger partial charge in [-0.2, -0.15) is 0 Å². The molecular weight excluding hydrogens is 386 g/mol. The fourth-order valence-electron chi connectivity index (χ4n) is 4.58. The number of H-pyrrole nitrogens is 1. The molecule has 0 radical (unpaired) electrons. The third kappa shape index (κ3) is 4.37. The van der Waals surface area contributed by atoms with E-state index in [2.05, 4.69) is 51.8 Å². The molecule has 0 spiro atoms. The molecule has 0 amide bonds. The van der Waals surface area contributed by atoms with Crippen molar-refractivity contribution in [2.24, 2.45) is 0 Å². The van der Waals surface area contributed by atoms with Crippen LogP contribution in [-0.2, 0) is 26.1 Å². The lowest BCUT2D eigenvalue weighted by Crippen LogP contribution is -2.31. The molecule has 3 N–H and O–H groups in total. The largest absolute Gasteiger partial charge is 0.341 e. The summed E-state index contributed by atoms with van der Waals surface area (Å²) in [6.07, 6.45) is 5.27. The molecule has 158 valence electrons. The number of rotatable bonds is 7. The first kappa shape index (κ1) is 19.9. The smallest absolute Gasteiger partial charge is 0.121 e. The summed E-state index contributed by atoms with van der Waals surface area (Å²) in [6, 6.07) is 21.1. The van der Waals surface area contributed by atoms with Crippen LogP contribution in [0.25, 0.3) is 11.0 Å². The Labute approximate surface area is 181 Å². The fraction of sp³-hybridized carbons (Fsp3) is 0.280. The Morgan fingerprint density at radius 2 is 1.84 bits per heavy atom. The molecule has 0 aliphatic heterocycles. The van der Waals surface area contributed by atoms with Crippen LogP contribution in [0.1, 0.15) is 47.1 Å². The summed E-state index contributed by atoms with van der Waals surface area (Å²) in [6.45, 7) is 1.99. The van der Waals surface area contributed by atoms with Gasteiger partial charge in [-0.1, -0.05) is 42.5 Å². The number of nitrogens with one attached hydrogen (secondary N) is 2. The zero-order valence-corrected chi connectivity index (χ0v) is 17.5. The summed E-state index contributed by atoms with van der Waals surface area (Å²) in [7, 11) is 0. The Bertz CT molecular complexity index is 1120. The van der Waals surface area contributed by atoms with Gasteiger partial charge in [0, 0.05) is 19.3 Å². The van der Waals surface area contributed by atoms with Crippen LogP contribution in [0.2, 0.25) is 0 Å². The maximum absolute atomic E-state index is 8.95. The molecular formula is C25H27N5O. The minimum Gasteiger partial charge on any atom is -0.341 e.